The van der Waals surface area contributed by atoms with Gasteiger partial charge in [0, 0.05) is 138 Å². The lowest BCUT2D eigenvalue weighted by Gasteiger charge is -2.20. The zero-order chi connectivity index (χ0) is 59.4. The van der Waals surface area contributed by atoms with E-state index in [1.807, 2.05) is 105 Å². The van der Waals surface area contributed by atoms with Crippen LogP contribution in [0.5, 0.6) is 23.0 Å². The first-order chi connectivity index (χ1) is 41.3. The SMILES string of the molecule is CN=Cc1cncc(COc2cc(OCc3cccc(-c4cccc(COc5cc(OCc6cncc(C#N)c6)c(CN[C@@H](Cc6c[nH]c7ccccc67)C(=O)O)cc5Cl)c4C)c3C)c(Cl)cc2CN[C@@H](Cc2c[nH]c3ccccc23)C(=O)O)c1. The lowest BCUT2D eigenvalue weighted by atomic mass is 9.92. The van der Waals surface area contributed by atoms with Gasteiger partial charge in [-0.05, 0) is 94.8 Å². The smallest absolute Gasteiger partial charge is 0.321 e. The molecule has 0 bridgehead atoms. The molecule has 0 aliphatic heterocycles. The maximum absolute atomic E-state index is 12.7. The Kier molecular flexibility index (Phi) is 18.8. The maximum atomic E-state index is 12.7. The molecular weight excluding hydrogens is 1120 g/mol. The van der Waals surface area contributed by atoms with Crippen LogP contribution in [0.4, 0.5) is 0 Å². The van der Waals surface area contributed by atoms with E-state index >= 15 is 0 Å². The molecule has 0 amide bonds. The molecule has 0 aliphatic rings. The van der Waals surface area contributed by atoms with Crippen molar-refractivity contribution < 1.29 is 38.7 Å². The first-order valence-corrected chi connectivity index (χ1v) is 28.1. The Hall–Kier alpha value is -9.50. The monoisotopic (exact) mass is 1170 g/mol. The van der Waals surface area contributed by atoms with Gasteiger partial charge in [-0.3, -0.25) is 35.2 Å². The molecule has 18 heteroatoms. The summed E-state index contributed by atoms with van der Waals surface area (Å²) >= 11 is 14.0. The Morgan fingerprint density at radius 2 is 1.06 bits per heavy atom. The molecule has 0 spiro atoms. The summed E-state index contributed by atoms with van der Waals surface area (Å²) in [7, 11) is 1.69. The number of aliphatic imine (C=N–C) groups is 1. The molecule has 430 valence electrons. The van der Waals surface area contributed by atoms with E-state index in [4.69, 9.17) is 42.1 Å². The Morgan fingerprint density at radius 1 is 0.588 bits per heavy atom. The molecule has 85 heavy (non-hydrogen) atoms. The van der Waals surface area contributed by atoms with E-state index in [2.05, 4.69) is 53.8 Å². The van der Waals surface area contributed by atoms with Gasteiger partial charge in [-0.2, -0.15) is 5.26 Å². The van der Waals surface area contributed by atoms with E-state index < -0.39 is 24.0 Å². The van der Waals surface area contributed by atoms with Crippen molar-refractivity contribution in [3.05, 3.63) is 235 Å². The number of nitriles is 1. The number of fused-ring (bicyclic) bond motifs is 2. The van der Waals surface area contributed by atoms with E-state index in [-0.39, 0.29) is 52.4 Å². The van der Waals surface area contributed by atoms with E-state index in [9.17, 15) is 25.1 Å². The second-order valence-electron chi connectivity index (χ2n) is 20.5. The Morgan fingerprint density at radius 3 is 1.54 bits per heavy atom. The number of carboxylic acid groups (broad SMARTS) is 2. The van der Waals surface area contributed by atoms with E-state index in [1.54, 1.807) is 62.2 Å². The zero-order valence-corrected chi connectivity index (χ0v) is 48.3. The molecule has 0 aliphatic carbocycles. The minimum absolute atomic E-state index is 0.0689. The van der Waals surface area contributed by atoms with Gasteiger partial charge in [-0.15, -0.1) is 0 Å². The Labute approximate surface area is 501 Å². The fourth-order valence-corrected chi connectivity index (χ4v) is 10.7. The summed E-state index contributed by atoms with van der Waals surface area (Å²) in [5.41, 5.74) is 13.3. The summed E-state index contributed by atoms with van der Waals surface area (Å²) in [6.07, 6.45) is 12.4. The highest BCUT2D eigenvalue weighted by Gasteiger charge is 2.24. The minimum Gasteiger partial charge on any atom is -0.488 e. The van der Waals surface area contributed by atoms with Crippen molar-refractivity contribution in [1.82, 2.24) is 30.6 Å². The molecule has 16 nitrogen and oxygen atoms in total. The predicted molar refractivity (Wildman–Crippen MR) is 329 cm³/mol. The van der Waals surface area contributed by atoms with Crippen LogP contribution >= 0.6 is 23.2 Å². The second-order valence-corrected chi connectivity index (χ2v) is 21.3. The van der Waals surface area contributed by atoms with Crippen LogP contribution < -0.4 is 29.6 Å². The van der Waals surface area contributed by atoms with Crippen LogP contribution in [-0.4, -0.2) is 67.4 Å². The first kappa shape index (κ1) is 58.7. The number of aromatic amines is 2. The molecule has 0 radical (unpaired) electrons. The number of carboxylic acids is 2. The summed E-state index contributed by atoms with van der Waals surface area (Å²) in [5, 5.41) is 39.2. The van der Waals surface area contributed by atoms with Gasteiger partial charge in [0.15, 0.2) is 0 Å². The van der Waals surface area contributed by atoms with Gasteiger partial charge in [0.25, 0.3) is 0 Å². The summed E-state index contributed by atoms with van der Waals surface area (Å²) in [6, 6.07) is 38.4. The summed E-state index contributed by atoms with van der Waals surface area (Å²) in [6.45, 7) is 4.89. The van der Waals surface area contributed by atoms with Gasteiger partial charge in [0.2, 0.25) is 0 Å². The van der Waals surface area contributed by atoms with Gasteiger partial charge in [-0.25, -0.2) is 0 Å². The molecule has 10 aromatic rings. The number of nitrogens with zero attached hydrogens (tertiary/aromatic N) is 4. The molecule has 0 unspecified atom stereocenters. The second kappa shape index (κ2) is 27.3. The van der Waals surface area contributed by atoms with Crippen LogP contribution in [0.15, 0.2) is 164 Å². The average Bonchev–Trinajstić information content (AvgIpc) is 4.31. The van der Waals surface area contributed by atoms with Crippen LogP contribution in [0.1, 0.15) is 66.8 Å². The lowest BCUT2D eigenvalue weighted by molar-refractivity contribution is -0.140. The molecule has 0 saturated heterocycles. The number of pyridine rings is 2. The van der Waals surface area contributed by atoms with Gasteiger partial charge >= 0.3 is 11.9 Å². The molecule has 0 fully saturated rings. The number of H-pyrrole nitrogens is 2. The quantitative estimate of drug-likeness (QED) is 0.0278. The number of para-hydroxylation sites is 2. The zero-order valence-electron chi connectivity index (χ0n) is 46.8. The van der Waals surface area contributed by atoms with Crippen molar-refractivity contribution in [3.8, 4) is 40.2 Å². The number of aliphatic carboxylic acids is 2. The molecule has 4 aromatic heterocycles. The highest BCUT2D eigenvalue weighted by Crippen LogP contribution is 2.38. The van der Waals surface area contributed by atoms with Crippen molar-refractivity contribution in [3.63, 3.8) is 0 Å². The van der Waals surface area contributed by atoms with E-state index in [0.717, 1.165) is 77.4 Å². The highest BCUT2D eigenvalue weighted by atomic mass is 35.5. The number of ether oxygens (including phenoxy) is 4. The van der Waals surface area contributed by atoms with Gasteiger partial charge in [0.05, 0.1) is 15.6 Å². The minimum atomic E-state index is -1.01. The van der Waals surface area contributed by atoms with Crippen molar-refractivity contribution in [2.45, 2.75) is 78.3 Å². The standard InChI is InChI=1S/C67H60Cl2N8O8/c1-40-46(38-84-64-24-62(82-36-44-18-42(26-70)28-72-30-44)50(20-56(64)68)34-76-60(66(78)79)22-48-32-74-58-16-6-4-12-54(48)58)10-8-14-52(40)53-15-9-11-47(41(53)2)39-85-65-25-63(83-37-45-19-43(27-71-3)29-73-31-45)51(21-57(65)69)35-77-61(67(80)81)23-49-33-75-59-17-7-5-13-55(49)59/h4-21,24-25,27-33,60-61,74-77H,22-23,34-39H2,1-3H3,(H,78,79)(H,80,81)/t60-,61-/m0/s1. The number of rotatable bonds is 26. The predicted octanol–water partition coefficient (Wildman–Crippen LogP) is 12.8. The number of hydrogen-bond acceptors (Lipinski definition) is 12. The number of carbonyl (C=O) groups is 2. The third-order valence-electron chi connectivity index (χ3n) is 14.9. The third kappa shape index (κ3) is 14.3. The fourth-order valence-electron chi connectivity index (χ4n) is 10.2. The van der Waals surface area contributed by atoms with Crippen molar-refractivity contribution >= 4 is 63.2 Å². The largest absolute Gasteiger partial charge is 0.488 e. The average molecular weight is 1180 g/mol. The normalized spacial score (nSPS) is 12.1. The van der Waals surface area contributed by atoms with Crippen LogP contribution in [0.3, 0.4) is 0 Å². The molecular formula is C67H60Cl2N8O8. The van der Waals surface area contributed by atoms with E-state index in [0.29, 0.717) is 55.3 Å². The van der Waals surface area contributed by atoms with E-state index in [1.165, 1.54) is 6.20 Å². The summed E-state index contributed by atoms with van der Waals surface area (Å²) in [5.74, 6) is -0.398. The molecule has 0 saturated carbocycles. The summed E-state index contributed by atoms with van der Waals surface area (Å²) in [4.78, 5) is 44.4. The molecule has 6 N–H and O–H groups in total. The number of benzene rings is 6. The maximum Gasteiger partial charge on any atom is 0.321 e. The first-order valence-electron chi connectivity index (χ1n) is 27.4. The lowest BCUT2D eigenvalue weighted by Crippen LogP contribution is -2.38. The number of nitrogens with one attached hydrogen (secondary N) is 4. The van der Waals surface area contributed by atoms with Gasteiger partial charge in [0.1, 0.15) is 67.6 Å². The Bertz CT molecular complexity index is 4140. The van der Waals surface area contributed by atoms with Crippen molar-refractivity contribution in [1.29, 1.82) is 5.26 Å². The molecule has 2 atom stereocenters. The van der Waals surface area contributed by atoms with Gasteiger partial charge < -0.3 is 39.1 Å². The van der Waals surface area contributed by atoms with Crippen molar-refractivity contribution in [2.75, 3.05) is 7.05 Å². The van der Waals surface area contributed by atoms with Crippen LogP contribution in [0, 0.1) is 25.2 Å². The molecule has 4 heterocycles. The summed E-state index contributed by atoms with van der Waals surface area (Å²) < 4.78 is 25.8. The topological polar surface area (TPSA) is 229 Å². The fraction of sp³-hybridized carbons (Fsp3) is 0.194. The van der Waals surface area contributed by atoms with Crippen molar-refractivity contribution in [2.24, 2.45) is 4.99 Å². The van der Waals surface area contributed by atoms with Gasteiger partial charge in [-0.1, -0.05) is 96.0 Å². The molecule has 10 rings (SSSR count). The number of aromatic nitrogens is 4. The molecule has 6 aromatic carbocycles. The van der Waals surface area contributed by atoms with Crippen LogP contribution in [-0.2, 0) is 61.9 Å². The Balaban J connectivity index is 0.855. The highest BCUT2D eigenvalue weighted by molar-refractivity contribution is 6.32. The van der Waals surface area contributed by atoms with Crippen LogP contribution in [0.2, 0.25) is 10.0 Å². The number of hydrogen-bond donors (Lipinski definition) is 6. The third-order valence-corrected chi connectivity index (χ3v) is 15.4. The van der Waals surface area contributed by atoms with Crippen LogP contribution in [0.25, 0.3) is 32.9 Å². The number of halogens is 2.